The fourth-order valence-electron chi connectivity index (χ4n) is 3.33. The number of hydrogen-bond donors (Lipinski definition) is 2. The van der Waals surface area contributed by atoms with Crippen LogP contribution in [0.3, 0.4) is 0 Å². The summed E-state index contributed by atoms with van der Waals surface area (Å²) in [7, 11) is -7.16. The molecule has 4 aromatic carbocycles. The third-order valence-corrected chi connectivity index (χ3v) is 8.79. The monoisotopic (exact) mass is 590 g/mol. The largest absolute Gasteiger partial charge is 0.279 e. The first-order chi connectivity index (χ1) is 17.8. The van der Waals surface area contributed by atoms with Crippen molar-refractivity contribution in [3.05, 3.63) is 117 Å². The number of anilines is 2. The lowest BCUT2D eigenvalue weighted by Gasteiger charge is -2.11. The lowest BCUT2D eigenvalue weighted by atomic mass is 10.1. The highest BCUT2D eigenvalue weighted by atomic mass is 35.5. The minimum Gasteiger partial charge on any atom is -0.279 e. The van der Waals surface area contributed by atoms with Gasteiger partial charge in [0.05, 0.1) is 21.2 Å². The van der Waals surface area contributed by atoms with Crippen LogP contribution < -0.4 is 9.44 Å². The first kappa shape index (κ1) is 29.5. The maximum atomic E-state index is 12.2. The highest BCUT2D eigenvalue weighted by Crippen LogP contribution is 2.23. The van der Waals surface area contributed by atoms with Gasteiger partial charge in [0.2, 0.25) is 0 Å². The Morgan fingerprint density at radius 2 is 0.816 bits per heavy atom. The molecule has 0 heterocycles. The molecule has 10 heteroatoms. The Bertz CT molecular complexity index is 1510. The van der Waals surface area contributed by atoms with Crippen molar-refractivity contribution in [2.24, 2.45) is 0 Å². The van der Waals surface area contributed by atoms with E-state index >= 15 is 0 Å². The Kier molecular flexibility index (Phi) is 9.49. The fourth-order valence-corrected chi connectivity index (χ4v) is 5.82. The number of sulfonamides is 2. The molecule has 4 rings (SSSR count). The molecular weight excluding hydrogens is 563 g/mol. The van der Waals surface area contributed by atoms with Gasteiger partial charge in [0, 0.05) is 10.0 Å². The van der Waals surface area contributed by atoms with Crippen LogP contribution in [0.5, 0.6) is 0 Å². The highest BCUT2D eigenvalue weighted by molar-refractivity contribution is 7.93. The van der Waals surface area contributed by atoms with Gasteiger partial charge in [-0.2, -0.15) is 0 Å². The molecule has 0 saturated heterocycles. The van der Waals surface area contributed by atoms with Crippen LogP contribution in [0.2, 0.25) is 10.0 Å². The number of hydrogen-bond acceptors (Lipinski definition) is 4. The second-order valence-corrected chi connectivity index (χ2v) is 13.0. The average molecular weight is 592 g/mol. The van der Waals surface area contributed by atoms with Crippen molar-refractivity contribution < 1.29 is 16.8 Å². The molecule has 4 aromatic rings. The molecule has 0 unspecified atom stereocenters. The number of benzene rings is 4. The van der Waals surface area contributed by atoms with Crippen LogP contribution in [0.15, 0.2) is 94.7 Å². The lowest BCUT2D eigenvalue weighted by Crippen LogP contribution is -2.13. The fraction of sp³-hybridized carbons (Fsp3) is 0.143. The molecule has 0 radical (unpaired) electrons. The zero-order valence-corrected chi connectivity index (χ0v) is 24.4. The molecule has 0 aliphatic rings. The molecule has 0 aliphatic heterocycles. The zero-order chi connectivity index (χ0) is 28.1. The van der Waals surface area contributed by atoms with Crippen LogP contribution in [0.4, 0.5) is 11.4 Å². The molecule has 0 aromatic heterocycles. The summed E-state index contributed by atoms with van der Waals surface area (Å²) in [6.07, 6.45) is 0. The lowest BCUT2D eigenvalue weighted by molar-refractivity contribution is 0.599. The van der Waals surface area contributed by atoms with E-state index < -0.39 is 20.0 Å². The quantitative estimate of drug-likeness (QED) is 0.243. The predicted molar refractivity (Wildman–Crippen MR) is 156 cm³/mol. The SMILES string of the molecule is Cc1ccc(C)c(NS(=O)(=O)c2ccc(Cl)cc2)c1.Cc1ccc(C)c(NS(=O)(=O)c2ccc(Cl)cc2)c1. The number of rotatable bonds is 6. The summed E-state index contributed by atoms with van der Waals surface area (Å²) in [5.41, 5.74) is 4.94. The molecular formula is C28H28Cl2N2O4S2. The van der Waals surface area contributed by atoms with E-state index in [1.54, 1.807) is 24.3 Å². The Morgan fingerprint density at radius 1 is 0.500 bits per heavy atom. The molecule has 38 heavy (non-hydrogen) atoms. The van der Waals surface area contributed by atoms with E-state index in [9.17, 15) is 16.8 Å². The Balaban J connectivity index is 0.000000211. The standard InChI is InChI=1S/2C14H14ClNO2S/c2*1-10-3-4-11(2)14(9-10)16-19(17,18)13-7-5-12(15)6-8-13/h2*3-9,16H,1-2H3. The second kappa shape index (κ2) is 12.2. The van der Waals surface area contributed by atoms with Gasteiger partial charge in [0.25, 0.3) is 20.0 Å². The van der Waals surface area contributed by atoms with Crippen molar-refractivity contribution in [2.45, 2.75) is 37.5 Å². The molecule has 0 amide bonds. The first-order valence-electron chi connectivity index (χ1n) is 11.5. The summed E-state index contributed by atoms with van der Waals surface area (Å²) in [4.78, 5) is 0.385. The number of nitrogens with one attached hydrogen (secondary N) is 2. The summed E-state index contributed by atoms with van der Waals surface area (Å²) in [6.45, 7) is 7.55. The van der Waals surface area contributed by atoms with E-state index in [0.29, 0.717) is 21.4 Å². The van der Waals surface area contributed by atoms with Crippen LogP contribution in [0.1, 0.15) is 22.3 Å². The summed E-state index contributed by atoms with van der Waals surface area (Å²) in [5, 5.41) is 1.01. The van der Waals surface area contributed by atoms with Gasteiger partial charge >= 0.3 is 0 Å². The Morgan fingerprint density at radius 3 is 1.13 bits per heavy atom. The Hall–Kier alpha value is -3.04. The zero-order valence-electron chi connectivity index (χ0n) is 21.3. The van der Waals surface area contributed by atoms with Crippen LogP contribution in [0.25, 0.3) is 0 Å². The summed E-state index contributed by atoms with van der Waals surface area (Å²) in [6, 6.07) is 23.4. The van der Waals surface area contributed by atoms with Gasteiger partial charge in [-0.25, -0.2) is 16.8 Å². The summed E-state index contributed by atoms with van der Waals surface area (Å²) in [5.74, 6) is 0. The molecule has 2 N–H and O–H groups in total. The Labute approximate surface area is 234 Å². The molecule has 0 fully saturated rings. The van der Waals surface area contributed by atoms with E-state index in [-0.39, 0.29) is 9.79 Å². The maximum Gasteiger partial charge on any atom is 0.261 e. The van der Waals surface area contributed by atoms with E-state index in [2.05, 4.69) is 9.44 Å². The van der Waals surface area contributed by atoms with Crippen LogP contribution in [0, 0.1) is 27.7 Å². The van der Waals surface area contributed by atoms with Gasteiger partial charge in [0.1, 0.15) is 0 Å². The number of halogens is 2. The van der Waals surface area contributed by atoms with E-state index in [1.807, 2.05) is 64.1 Å². The summed E-state index contributed by atoms with van der Waals surface area (Å²) < 4.78 is 54.1. The van der Waals surface area contributed by atoms with Crippen molar-refractivity contribution in [1.29, 1.82) is 0 Å². The molecule has 0 atom stereocenters. The molecule has 6 nitrogen and oxygen atoms in total. The predicted octanol–water partition coefficient (Wildman–Crippen LogP) is 7.52. The molecule has 0 bridgehead atoms. The van der Waals surface area contributed by atoms with Gasteiger partial charge in [-0.05, 0) is 111 Å². The molecule has 200 valence electrons. The maximum absolute atomic E-state index is 12.2. The summed E-state index contributed by atoms with van der Waals surface area (Å²) >= 11 is 11.5. The van der Waals surface area contributed by atoms with Crippen molar-refractivity contribution >= 4 is 54.6 Å². The van der Waals surface area contributed by atoms with Gasteiger partial charge in [0.15, 0.2) is 0 Å². The van der Waals surface area contributed by atoms with Crippen molar-refractivity contribution in [3.63, 3.8) is 0 Å². The minimum absolute atomic E-state index is 0.192. The van der Waals surface area contributed by atoms with E-state index in [0.717, 1.165) is 22.3 Å². The van der Waals surface area contributed by atoms with Crippen LogP contribution in [-0.4, -0.2) is 16.8 Å². The smallest absolute Gasteiger partial charge is 0.261 e. The van der Waals surface area contributed by atoms with Gasteiger partial charge < -0.3 is 0 Å². The highest BCUT2D eigenvalue weighted by Gasteiger charge is 2.16. The topological polar surface area (TPSA) is 92.3 Å². The van der Waals surface area contributed by atoms with Gasteiger partial charge in [-0.15, -0.1) is 0 Å². The van der Waals surface area contributed by atoms with Crippen molar-refractivity contribution in [3.8, 4) is 0 Å². The molecule has 0 aliphatic carbocycles. The second-order valence-electron chi connectivity index (χ2n) is 8.76. The third kappa shape index (κ3) is 7.98. The minimum atomic E-state index is -3.58. The van der Waals surface area contributed by atoms with E-state index in [1.165, 1.54) is 24.3 Å². The van der Waals surface area contributed by atoms with Crippen LogP contribution >= 0.6 is 23.2 Å². The van der Waals surface area contributed by atoms with Gasteiger partial charge in [-0.1, -0.05) is 47.5 Å². The first-order valence-corrected chi connectivity index (χ1v) is 15.2. The average Bonchev–Trinajstić information content (AvgIpc) is 2.84. The van der Waals surface area contributed by atoms with Crippen molar-refractivity contribution in [1.82, 2.24) is 0 Å². The molecule has 0 spiro atoms. The van der Waals surface area contributed by atoms with Gasteiger partial charge in [-0.3, -0.25) is 9.44 Å². The van der Waals surface area contributed by atoms with E-state index in [4.69, 9.17) is 23.2 Å². The normalized spacial score (nSPS) is 11.3. The molecule has 0 saturated carbocycles. The van der Waals surface area contributed by atoms with Crippen LogP contribution in [-0.2, 0) is 20.0 Å². The number of aryl methyl sites for hydroxylation is 4. The third-order valence-electron chi connectivity index (χ3n) is 5.52. The van der Waals surface area contributed by atoms with Crippen molar-refractivity contribution in [2.75, 3.05) is 9.44 Å².